The van der Waals surface area contributed by atoms with Crippen LogP contribution in [0.1, 0.15) is 40.0 Å². The highest BCUT2D eigenvalue weighted by Crippen LogP contribution is 2.33. The van der Waals surface area contributed by atoms with E-state index in [0.717, 1.165) is 17.8 Å². The molecule has 1 rings (SSSR count). The molecule has 4 atom stereocenters. The van der Waals surface area contributed by atoms with E-state index in [1.54, 1.807) is 0 Å². The topological polar surface area (TPSA) is 26.0 Å². The predicted octanol–water partition coefficient (Wildman–Crippen LogP) is 2.41. The van der Waals surface area contributed by atoms with E-state index in [0.29, 0.717) is 6.04 Å². The minimum Gasteiger partial charge on any atom is -0.327 e. The first-order chi connectivity index (χ1) is 5.15. The highest BCUT2D eigenvalue weighted by atomic mass is 14.7. The normalized spacial score (nSPS) is 45.8. The second kappa shape index (κ2) is 3.57. The lowest BCUT2D eigenvalue weighted by atomic mass is 9.72. The molecule has 0 radical (unpaired) electrons. The third-order valence-electron chi connectivity index (χ3n) is 3.42. The summed E-state index contributed by atoms with van der Waals surface area (Å²) in [4.78, 5) is 0. The highest BCUT2D eigenvalue weighted by Gasteiger charge is 2.29. The van der Waals surface area contributed by atoms with Gasteiger partial charge < -0.3 is 5.73 Å². The van der Waals surface area contributed by atoms with Crippen LogP contribution in [0.4, 0.5) is 0 Å². The lowest BCUT2D eigenvalue weighted by Gasteiger charge is -2.36. The molecule has 66 valence electrons. The van der Waals surface area contributed by atoms with Crippen LogP contribution in [0, 0.1) is 17.8 Å². The van der Waals surface area contributed by atoms with Crippen LogP contribution in [0.3, 0.4) is 0 Å². The van der Waals surface area contributed by atoms with Crippen LogP contribution in [0.15, 0.2) is 0 Å². The molecular formula is C10H21N. The Bertz CT molecular complexity index is 122. The molecule has 0 aromatic rings. The molecule has 0 bridgehead atoms. The Labute approximate surface area is 70.4 Å². The van der Waals surface area contributed by atoms with Crippen molar-refractivity contribution in [1.29, 1.82) is 0 Å². The van der Waals surface area contributed by atoms with E-state index in [4.69, 9.17) is 5.73 Å². The summed E-state index contributed by atoms with van der Waals surface area (Å²) in [5, 5.41) is 0. The van der Waals surface area contributed by atoms with Crippen molar-refractivity contribution < 1.29 is 0 Å². The second-order valence-electron chi connectivity index (χ2n) is 4.26. The van der Waals surface area contributed by atoms with Crippen LogP contribution in [0.25, 0.3) is 0 Å². The van der Waals surface area contributed by atoms with Gasteiger partial charge in [-0.2, -0.15) is 0 Å². The molecule has 11 heavy (non-hydrogen) atoms. The third kappa shape index (κ3) is 1.96. The monoisotopic (exact) mass is 155 g/mol. The van der Waals surface area contributed by atoms with Gasteiger partial charge in [-0.15, -0.1) is 0 Å². The first-order valence-corrected chi connectivity index (χ1v) is 4.90. The molecular weight excluding hydrogens is 134 g/mol. The van der Waals surface area contributed by atoms with Gasteiger partial charge in [0.15, 0.2) is 0 Å². The van der Waals surface area contributed by atoms with Crippen LogP contribution < -0.4 is 5.73 Å². The van der Waals surface area contributed by atoms with Gasteiger partial charge >= 0.3 is 0 Å². The zero-order chi connectivity index (χ0) is 8.43. The molecule has 0 aromatic carbocycles. The average Bonchev–Trinajstić information content (AvgIpc) is 1.97. The van der Waals surface area contributed by atoms with Gasteiger partial charge in [0, 0.05) is 6.04 Å². The Morgan fingerprint density at radius 3 is 2.27 bits per heavy atom. The molecule has 0 saturated heterocycles. The summed E-state index contributed by atoms with van der Waals surface area (Å²) in [5.74, 6) is 2.52. The number of nitrogens with two attached hydrogens (primary N) is 1. The van der Waals surface area contributed by atoms with Crippen molar-refractivity contribution in [3.05, 3.63) is 0 Å². The maximum atomic E-state index is 6.04. The van der Waals surface area contributed by atoms with Gasteiger partial charge in [-0.1, -0.05) is 27.2 Å². The predicted molar refractivity (Wildman–Crippen MR) is 49.3 cm³/mol. The number of rotatable bonds is 1. The summed E-state index contributed by atoms with van der Waals surface area (Å²) >= 11 is 0. The van der Waals surface area contributed by atoms with Gasteiger partial charge in [0.1, 0.15) is 0 Å². The van der Waals surface area contributed by atoms with Crippen molar-refractivity contribution in [2.24, 2.45) is 23.5 Å². The van der Waals surface area contributed by atoms with Crippen molar-refractivity contribution in [1.82, 2.24) is 0 Å². The molecule has 1 nitrogen and oxygen atoms in total. The highest BCUT2D eigenvalue weighted by molar-refractivity contribution is 4.83. The van der Waals surface area contributed by atoms with E-state index in [9.17, 15) is 0 Å². The molecule has 0 aliphatic heterocycles. The molecule has 0 heterocycles. The van der Waals surface area contributed by atoms with E-state index in [1.165, 1.54) is 19.3 Å². The Morgan fingerprint density at radius 1 is 1.18 bits per heavy atom. The molecule has 0 spiro atoms. The molecule has 1 saturated carbocycles. The second-order valence-corrected chi connectivity index (χ2v) is 4.26. The molecule has 1 heteroatoms. The number of hydrogen-bond acceptors (Lipinski definition) is 1. The number of hydrogen-bond donors (Lipinski definition) is 1. The molecule has 0 aromatic heterocycles. The van der Waals surface area contributed by atoms with Crippen molar-refractivity contribution in [2.75, 3.05) is 0 Å². The Hall–Kier alpha value is -0.0400. The lowest BCUT2D eigenvalue weighted by Crippen LogP contribution is -2.38. The molecule has 4 unspecified atom stereocenters. The fourth-order valence-electron chi connectivity index (χ4n) is 2.21. The quantitative estimate of drug-likeness (QED) is 0.618. The van der Waals surface area contributed by atoms with E-state index in [2.05, 4.69) is 20.8 Å². The van der Waals surface area contributed by atoms with Gasteiger partial charge in [-0.25, -0.2) is 0 Å². The van der Waals surface area contributed by atoms with Crippen LogP contribution in [0.2, 0.25) is 0 Å². The maximum Gasteiger partial charge on any atom is 0.00697 e. The van der Waals surface area contributed by atoms with Crippen LogP contribution in [0.5, 0.6) is 0 Å². The van der Waals surface area contributed by atoms with Gasteiger partial charge in [0.2, 0.25) is 0 Å². The first-order valence-electron chi connectivity index (χ1n) is 4.90. The molecule has 1 aliphatic carbocycles. The first kappa shape index (κ1) is 9.05. The van der Waals surface area contributed by atoms with E-state index >= 15 is 0 Å². The molecule has 0 amide bonds. The zero-order valence-electron chi connectivity index (χ0n) is 8.01. The minimum atomic E-state index is 0.478. The van der Waals surface area contributed by atoms with E-state index < -0.39 is 0 Å². The summed E-state index contributed by atoms with van der Waals surface area (Å²) in [6.45, 7) is 6.95. The summed E-state index contributed by atoms with van der Waals surface area (Å²) in [5.41, 5.74) is 6.04. The molecule has 1 aliphatic rings. The van der Waals surface area contributed by atoms with Crippen LogP contribution >= 0.6 is 0 Å². The SMILES string of the molecule is CCC1CC(C)C(C)CC1N. The van der Waals surface area contributed by atoms with Crippen LogP contribution in [-0.2, 0) is 0 Å². The minimum absolute atomic E-state index is 0.478. The Balaban J connectivity index is 2.48. The standard InChI is InChI=1S/C10H21N/c1-4-9-5-7(2)8(3)6-10(9)11/h7-10H,4-6,11H2,1-3H3. The summed E-state index contributed by atoms with van der Waals surface area (Å²) in [7, 11) is 0. The van der Waals surface area contributed by atoms with Crippen molar-refractivity contribution in [3.63, 3.8) is 0 Å². The van der Waals surface area contributed by atoms with E-state index in [1.807, 2.05) is 0 Å². The van der Waals surface area contributed by atoms with Gasteiger partial charge in [-0.3, -0.25) is 0 Å². The van der Waals surface area contributed by atoms with Gasteiger partial charge in [0.25, 0.3) is 0 Å². The lowest BCUT2D eigenvalue weighted by molar-refractivity contribution is 0.176. The fourth-order valence-corrected chi connectivity index (χ4v) is 2.21. The van der Waals surface area contributed by atoms with Crippen molar-refractivity contribution >= 4 is 0 Å². The van der Waals surface area contributed by atoms with Gasteiger partial charge in [0.05, 0.1) is 0 Å². The summed E-state index contributed by atoms with van der Waals surface area (Å²) < 4.78 is 0. The van der Waals surface area contributed by atoms with Gasteiger partial charge in [-0.05, 0) is 30.6 Å². The zero-order valence-corrected chi connectivity index (χ0v) is 8.01. The Kier molecular flexibility index (Phi) is 2.94. The smallest absolute Gasteiger partial charge is 0.00697 e. The Morgan fingerprint density at radius 2 is 1.73 bits per heavy atom. The maximum absolute atomic E-state index is 6.04. The summed E-state index contributed by atoms with van der Waals surface area (Å²) in [6.07, 6.45) is 3.84. The van der Waals surface area contributed by atoms with Crippen LogP contribution in [-0.4, -0.2) is 6.04 Å². The van der Waals surface area contributed by atoms with Crippen molar-refractivity contribution in [3.8, 4) is 0 Å². The molecule has 1 fully saturated rings. The molecule has 2 N–H and O–H groups in total. The summed E-state index contributed by atoms with van der Waals surface area (Å²) in [6, 6.07) is 0.478. The average molecular weight is 155 g/mol. The van der Waals surface area contributed by atoms with E-state index in [-0.39, 0.29) is 0 Å². The fraction of sp³-hybridized carbons (Fsp3) is 1.00. The largest absolute Gasteiger partial charge is 0.327 e. The third-order valence-corrected chi connectivity index (χ3v) is 3.42. The van der Waals surface area contributed by atoms with Crippen molar-refractivity contribution in [2.45, 2.75) is 46.1 Å².